The summed E-state index contributed by atoms with van der Waals surface area (Å²) in [7, 11) is 0. The minimum absolute atomic E-state index is 0.791. The molecule has 2 heterocycles. The Morgan fingerprint density at radius 1 is 1.10 bits per heavy atom. The highest BCUT2D eigenvalue weighted by Crippen LogP contribution is 2.22. The lowest BCUT2D eigenvalue weighted by atomic mass is 10.2. The van der Waals surface area contributed by atoms with Gasteiger partial charge in [0.2, 0.25) is 0 Å². The second-order valence-electron chi connectivity index (χ2n) is 4.90. The van der Waals surface area contributed by atoms with E-state index < -0.39 is 0 Å². The summed E-state index contributed by atoms with van der Waals surface area (Å²) in [6.45, 7) is 10.0. The monoisotopic (exact) mass is 290 g/mol. The van der Waals surface area contributed by atoms with E-state index in [0.717, 1.165) is 42.5 Å². The first kappa shape index (κ1) is 14.8. The fourth-order valence-corrected chi connectivity index (χ4v) is 2.81. The predicted molar refractivity (Wildman–Crippen MR) is 86.7 cm³/mol. The van der Waals surface area contributed by atoms with Crippen LogP contribution in [0, 0.1) is 20.8 Å². The lowest BCUT2D eigenvalue weighted by Crippen LogP contribution is -2.10. The molecule has 0 aromatic carbocycles. The van der Waals surface area contributed by atoms with Crippen molar-refractivity contribution in [1.82, 2.24) is 9.97 Å². The van der Waals surface area contributed by atoms with Crippen LogP contribution in [0.1, 0.15) is 35.2 Å². The molecular weight excluding hydrogens is 268 g/mol. The third kappa shape index (κ3) is 3.48. The number of hydrogen-bond donors (Lipinski definition) is 2. The van der Waals surface area contributed by atoms with Crippen LogP contribution in [0.4, 0.5) is 11.6 Å². The van der Waals surface area contributed by atoms with Crippen LogP contribution in [0.25, 0.3) is 0 Å². The maximum absolute atomic E-state index is 4.51. The molecule has 0 spiro atoms. The van der Waals surface area contributed by atoms with E-state index in [2.05, 4.69) is 52.8 Å². The average molecular weight is 290 g/mol. The van der Waals surface area contributed by atoms with Crippen LogP contribution in [-0.2, 0) is 6.54 Å². The van der Waals surface area contributed by atoms with Crippen molar-refractivity contribution >= 4 is 23.0 Å². The molecular formula is C15H22N4S. The number of anilines is 2. The zero-order valence-corrected chi connectivity index (χ0v) is 13.4. The van der Waals surface area contributed by atoms with Crippen molar-refractivity contribution in [2.75, 3.05) is 17.2 Å². The maximum atomic E-state index is 4.51. The molecule has 0 unspecified atom stereocenters. The standard InChI is InChI=1S/C15H22N4S/c1-5-7-16-14-11(3)15(19-12(4)18-14)17-9-13-10(2)6-8-20-13/h6,8H,5,7,9H2,1-4H3,(H2,16,17,18,19). The predicted octanol–water partition coefficient (Wildman–Crippen LogP) is 3.90. The summed E-state index contributed by atoms with van der Waals surface area (Å²) in [6.07, 6.45) is 1.08. The highest BCUT2D eigenvalue weighted by atomic mass is 32.1. The van der Waals surface area contributed by atoms with E-state index in [1.165, 1.54) is 10.4 Å². The molecule has 0 saturated heterocycles. The van der Waals surface area contributed by atoms with E-state index >= 15 is 0 Å². The molecule has 2 aromatic rings. The van der Waals surface area contributed by atoms with Gasteiger partial charge in [-0.2, -0.15) is 0 Å². The minimum Gasteiger partial charge on any atom is -0.370 e. The summed E-state index contributed by atoms with van der Waals surface area (Å²) in [5.41, 5.74) is 2.41. The number of nitrogens with one attached hydrogen (secondary N) is 2. The summed E-state index contributed by atoms with van der Waals surface area (Å²) in [5, 5.41) is 8.92. The Morgan fingerprint density at radius 3 is 2.40 bits per heavy atom. The quantitative estimate of drug-likeness (QED) is 0.847. The molecule has 2 N–H and O–H groups in total. The number of aromatic nitrogens is 2. The van der Waals surface area contributed by atoms with Crippen LogP contribution < -0.4 is 10.6 Å². The second kappa shape index (κ2) is 6.70. The molecule has 20 heavy (non-hydrogen) atoms. The summed E-state index contributed by atoms with van der Waals surface area (Å²) < 4.78 is 0. The number of hydrogen-bond acceptors (Lipinski definition) is 5. The Kier molecular flexibility index (Phi) is 4.95. The Bertz CT molecular complexity index is 577. The molecule has 2 aromatic heterocycles. The first-order valence-corrected chi connectivity index (χ1v) is 7.85. The van der Waals surface area contributed by atoms with Crippen molar-refractivity contribution in [3.63, 3.8) is 0 Å². The van der Waals surface area contributed by atoms with Gasteiger partial charge in [-0.25, -0.2) is 9.97 Å². The van der Waals surface area contributed by atoms with E-state index in [1.807, 2.05) is 6.92 Å². The van der Waals surface area contributed by atoms with Gasteiger partial charge in [0.05, 0.1) is 6.54 Å². The Balaban J connectivity index is 2.14. The van der Waals surface area contributed by atoms with E-state index in [-0.39, 0.29) is 0 Å². The zero-order chi connectivity index (χ0) is 14.5. The average Bonchev–Trinajstić information content (AvgIpc) is 2.83. The van der Waals surface area contributed by atoms with Gasteiger partial charge < -0.3 is 10.6 Å². The molecule has 0 atom stereocenters. The number of nitrogens with zero attached hydrogens (tertiary/aromatic N) is 2. The molecule has 0 bridgehead atoms. The Hall–Kier alpha value is -1.62. The molecule has 0 aliphatic rings. The van der Waals surface area contributed by atoms with E-state index in [4.69, 9.17) is 0 Å². The van der Waals surface area contributed by atoms with Crippen molar-refractivity contribution in [2.24, 2.45) is 0 Å². The van der Waals surface area contributed by atoms with Crippen molar-refractivity contribution in [1.29, 1.82) is 0 Å². The molecule has 0 amide bonds. The molecule has 0 fully saturated rings. The lowest BCUT2D eigenvalue weighted by Gasteiger charge is -2.13. The fraction of sp³-hybridized carbons (Fsp3) is 0.467. The molecule has 108 valence electrons. The van der Waals surface area contributed by atoms with Gasteiger partial charge >= 0.3 is 0 Å². The second-order valence-corrected chi connectivity index (χ2v) is 5.90. The van der Waals surface area contributed by atoms with E-state index in [9.17, 15) is 0 Å². The third-order valence-corrected chi connectivity index (χ3v) is 4.21. The topological polar surface area (TPSA) is 49.8 Å². The van der Waals surface area contributed by atoms with Gasteiger partial charge in [-0.05, 0) is 44.2 Å². The Morgan fingerprint density at radius 2 is 1.80 bits per heavy atom. The molecule has 0 saturated carbocycles. The van der Waals surface area contributed by atoms with Gasteiger partial charge in [0.15, 0.2) is 0 Å². The first-order valence-electron chi connectivity index (χ1n) is 6.97. The first-order chi connectivity index (χ1) is 9.61. The van der Waals surface area contributed by atoms with Crippen LogP contribution in [-0.4, -0.2) is 16.5 Å². The third-order valence-electron chi connectivity index (χ3n) is 3.18. The van der Waals surface area contributed by atoms with Crippen LogP contribution in [0.15, 0.2) is 11.4 Å². The van der Waals surface area contributed by atoms with Crippen LogP contribution in [0.5, 0.6) is 0 Å². The molecule has 0 radical (unpaired) electrons. The van der Waals surface area contributed by atoms with Gasteiger partial charge in [0, 0.05) is 17.0 Å². The smallest absolute Gasteiger partial charge is 0.135 e. The number of thiophene rings is 1. The van der Waals surface area contributed by atoms with Crippen molar-refractivity contribution in [3.8, 4) is 0 Å². The molecule has 0 aliphatic carbocycles. The number of rotatable bonds is 6. The fourth-order valence-electron chi connectivity index (χ4n) is 1.97. The summed E-state index contributed by atoms with van der Waals surface area (Å²) in [5.74, 6) is 2.65. The van der Waals surface area contributed by atoms with Gasteiger partial charge in [0.25, 0.3) is 0 Å². The summed E-state index contributed by atoms with van der Waals surface area (Å²) >= 11 is 1.78. The van der Waals surface area contributed by atoms with E-state index in [0.29, 0.717) is 0 Å². The van der Waals surface area contributed by atoms with E-state index in [1.54, 1.807) is 11.3 Å². The van der Waals surface area contributed by atoms with Crippen LogP contribution in [0.3, 0.4) is 0 Å². The van der Waals surface area contributed by atoms with Crippen LogP contribution in [0.2, 0.25) is 0 Å². The largest absolute Gasteiger partial charge is 0.370 e. The number of aryl methyl sites for hydroxylation is 2. The SMILES string of the molecule is CCCNc1nc(C)nc(NCc2sccc2C)c1C. The summed E-state index contributed by atoms with van der Waals surface area (Å²) in [4.78, 5) is 10.3. The summed E-state index contributed by atoms with van der Waals surface area (Å²) in [6, 6.07) is 2.15. The zero-order valence-electron chi connectivity index (χ0n) is 12.6. The molecule has 0 aliphatic heterocycles. The molecule has 5 heteroatoms. The lowest BCUT2D eigenvalue weighted by molar-refractivity contribution is 0.943. The normalized spacial score (nSPS) is 10.6. The van der Waals surface area contributed by atoms with Crippen molar-refractivity contribution < 1.29 is 0 Å². The van der Waals surface area contributed by atoms with Gasteiger partial charge in [-0.3, -0.25) is 0 Å². The van der Waals surface area contributed by atoms with Gasteiger partial charge in [0.1, 0.15) is 17.5 Å². The van der Waals surface area contributed by atoms with Crippen LogP contribution >= 0.6 is 11.3 Å². The Labute approximate surface area is 124 Å². The molecule has 4 nitrogen and oxygen atoms in total. The molecule has 2 rings (SSSR count). The highest BCUT2D eigenvalue weighted by molar-refractivity contribution is 7.10. The minimum atomic E-state index is 0.791. The van der Waals surface area contributed by atoms with Crippen molar-refractivity contribution in [3.05, 3.63) is 33.3 Å². The highest BCUT2D eigenvalue weighted by Gasteiger charge is 2.09. The van der Waals surface area contributed by atoms with Gasteiger partial charge in [-0.15, -0.1) is 11.3 Å². The maximum Gasteiger partial charge on any atom is 0.135 e. The van der Waals surface area contributed by atoms with Crippen molar-refractivity contribution in [2.45, 2.75) is 40.7 Å². The van der Waals surface area contributed by atoms with Gasteiger partial charge in [-0.1, -0.05) is 6.92 Å².